The average molecular weight is 182 g/mol. The van der Waals surface area contributed by atoms with Crippen LogP contribution in [0.5, 0.6) is 0 Å². The number of nitrogens with two attached hydrogens (primary N) is 1. The number of rotatable bonds is 2. The van der Waals surface area contributed by atoms with Gasteiger partial charge in [0.2, 0.25) is 0 Å². The maximum absolute atomic E-state index is 10.4. The van der Waals surface area contributed by atoms with E-state index in [0.717, 1.165) is 25.9 Å². The third kappa shape index (κ3) is 3.41. The Morgan fingerprint density at radius 3 is 2.33 bits per heavy atom. The van der Waals surface area contributed by atoms with Crippen LogP contribution < -0.4 is 35.3 Å². The number of hydrogen-bond acceptors (Lipinski definition) is 3. The van der Waals surface area contributed by atoms with Gasteiger partial charge in [-0.15, -0.1) is 0 Å². The molecule has 0 bridgehead atoms. The molecular formula is C7H15N2NaO2. The monoisotopic (exact) mass is 182 g/mol. The number of aliphatic carboxylic acids is 1. The van der Waals surface area contributed by atoms with E-state index in [2.05, 4.69) is 0 Å². The summed E-state index contributed by atoms with van der Waals surface area (Å²) in [5.41, 5.74) is 5.42. The Balaban J connectivity index is 0. The third-order valence-electron chi connectivity index (χ3n) is 2.04. The first-order chi connectivity index (χ1) is 5.22. The fourth-order valence-electron chi connectivity index (χ4n) is 1.35. The summed E-state index contributed by atoms with van der Waals surface area (Å²) in [6.07, 6.45) is 2.54. The van der Waals surface area contributed by atoms with Crippen molar-refractivity contribution in [2.45, 2.75) is 25.4 Å². The molecular weight excluding hydrogens is 167 g/mol. The molecule has 0 aromatic rings. The van der Waals surface area contributed by atoms with Crippen LogP contribution >= 0.6 is 0 Å². The summed E-state index contributed by atoms with van der Waals surface area (Å²) in [7, 11) is 0. The first kappa shape index (κ1) is 12.4. The van der Waals surface area contributed by atoms with Gasteiger partial charge in [-0.05, 0) is 12.8 Å². The normalized spacial score (nSPS) is 21.1. The van der Waals surface area contributed by atoms with Gasteiger partial charge in [-0.1, -0.05) is 6.42 Å². The van der Waals surface area contributed by atoms with E-state index in [4.69, 9.17) is 10.8 Å². The molecule has 1 rings (SSSR count). The molecule has 0 aliphatic carbocycles. The van der Waals surface area contributed by atoms with Crippen LogP contribution in [0.4, 0.5) is 0 Å². The number of likely N-dealkylation sites (tertiary alicyclic amines) is 1. The molecule has 0 spiro atoms. The molecule has 0 aromatic heterocycles. The third-order valence-corrected chi connectivity index (χ3v) is 2.04. The number of hydrogen-bond donors (Lipinski definition) is 2. The van der Waals surface area contributed by atoms with Gasteiger partial charge in [-0.2, -0.15) is 0 Å². The second kappa shape index (κ2) is 5.94. The van der Waals surface area contributed by atoms with Crippen molar-refractivity contribution in [3.05, 3.63) is 0 Å². The summed E-state index contributed by atoms with van der Waals surface area (Å²) in [5.74, 6) is -0.924. The van der Waals surface area contributed by atoms with Crippen LogP contribution in [-0.4, -0.2) is 35.2 Å². The van der Waals surface area contributed by atoms with Crippen molar-refractivity contribution in [1.82, 2.24) is 4.90 Å². The largest absolute Gasteiger partial charge is 1.00 e. The Hall–Kier alpha value is 0.390. The van der Waals surface area contributed by atoms with Crippen molar-refractivity contribution in [1.29, 1.82) is 0 Å². The van der Waals surface area contributed by atoms with E-state index in [9.17, 15) is 4.79 Å². The van der Waals surface area contributed by atoms with Crippen LogP contribution in [0, 0.1) is 0 Å². The maximum atomic E-state index is 10.4. The Bertz CT molecular complexity index is 153. The molecule has 4 nitrogen and oxygen atoms in total. The smallest absolute Gasteiger partial charge is 1.00 e. The molecule has 0 saturated carbocycles. The van der Waals surface area contributed by atoms with E-state index in [0.29, 0.717) is 0 Å². The standard InChI is InChI=1S/C7H14N2O2.Na.H/c8-6(7(10)11)9-4-2-1-3-5-9;;/h6H,1-5,8H2,(H,10,11);;/q;+1;-1. The molecule has 1 atom stereocenters. The molecule has 0 amide bonds. The van der Waals surface area contributed by atoms with Crippen molar-refractivity contribution < 1.29 is 40.9 Å². The van der Waals surface area contributed by atoms with Crippen LogP contribution in [0.1, 0.15) is 20.7 Å². The SMILES string of the molecule is NC(C(=O)O)N1CCCCC1.[H-].[Na+]. The zero-order chi connectivity index (χ0) is 8.27. The van der Waals surface area contributed by atoms with Crippen molar-refractivity contribution >= 4 is 5.97 Å². The molecule has 1 aliphatic rings. The predicted octanol–water partition coefficient (Wildman–Crippen LogP) is -3.04. The predicted molar refractivity (Wildman–Crippen MR) is 42.1 cm³/mol. The summed E-state index contributed by atoms with van der Waals surface area (Å²) in [4.78, 5) is 12.2. The zero-order valence-electron chi connectivity index (χ0n) is 8.49. The maximum Gasteiger partial charge on any atom is 1.00 e. The van der Waals surface area contributed by atoms with E-state index in [-0.39, 0.29) is 31.0 Å². The number of carboxylic acid groups (broad SMARTS) is 1. The fraction of sp³-hybridized carbons (Fsp3) is 0.857. The van der Waals surface area contributed by atoms with Crippen molar-refractivity contribution in [2.24, 2.45) is 5.73 Å². The van der Waals surface area contributed by atoms with E-state index in [1.165, 1.54) is 6.42 Å². The molecule has 1 saturated heterocycles. The number of piperidine rings is 1. The van der Waals surface area contributed by atoms with Gasteiger partial charge in [0.15, 0.2) is 6.17 Å². The molecule has 0 aromatic carbocycles. The molecule has 0 radical (unpaired) electrons. The van der Waals surface area contributed by atoms with Gasteiger partial charge in [0.25, 0.3) is 0 Å². The van der Waals surface area contributed by atoms with Gasteiger partial charge >= 0.3 is 35.5 Å². The minimum Gasteiger partial charge on any atom is -1.00 e. The number of nitrogens with zero attached hydrogens (tertiary/aromatic N) is 1. The van der Waals surface area contributed by atoms with Crippen molar-refractivity contribution in [3.8, 4) is 0 Å². The summed E-state index contributed by atoms with van der Waals surface area (Å²) in [6, 6.07) is 0. The van der Waals surface area contributed by atoms with Crippen molar-refractivity contribution in [2.75, 3.05) is 13.1 Å². The molecule has 1 heterocycles. The van der Waals surface area contributed by atoms with Crippen LogP contribution in [-0.2, 0) is 4.79 Å². The molecule has 1 unspecified atom stereocenters. The molecule has 1 fully saturated rings. The van der Waals surface area contributed by atoms with Gasteiger partial charge in [-0.25, -0.2) is 4.79 Å². The first-order valence-corrected chi connectivity index (χ1v) is 3.94. The Morgan fingerprint density at radius 2 is 1.92 bits per heavy atom. The van der Waals surface area contributed by atoms with Gasteiger partial charge in [-0.3, -0.25) is 4.90 Å². The van der Waals surface area contributed by atoms with E-state index < -0.39 is 12.1 Å². The fourth-order valence-corrected chi connectivity index (χ4v) is 1.35. The van der Waals surface area contributed by atoms with Crippen LogP contribution in [0.3, 0.4) is 0 Å². The summed E-state index contributed by atoms with van der Waals surface area (Å²) in [6.45, 7) is 1.65. The first-order valence-electron chi connectivity index (χ1n) is 3.94. The summed E-state index contributed by atoms with van der Waals surface area (Å²) >= 11 is 0. The quantitative estimate of drug-likeness (QED) is 0.445. The van der Waals surface area contributed by atoms with Gasteiger partial charge in [0, 0.05) is 13.1 Å². The van der Waals surface area contributed by atoms with Crippen LogP contribution in [0.15, 0.2) is 0 Å². The van der Waals surface area contributed by atoms with Gasteiger partial charge in [0.1, 0.15) is 0 Å². The van der Waals surface area contributed by atoms with Gasteiger partial charge < -0.3 is 12.3 Å². The van der Waals surface area contributed by atoms with E-state index in [1.54, 1.807) is 0 Å². The molecule has 12 heavy (non-hydrogen) atoms. The van der Waals surface area contributed by atoms with Crippen molar-refractivity contribution in [3.63, 3.8) is 0 Å². The van der Waals surface area contributed by atoms with Gasteiger partial charge in [0.05, 0.1) is 0 Å². The Kier molecular flexibility index (Phi) is 6.13. The van der Waals surface area contributed by atoms with E-state index in [1.807, 2.05) is 4.90 Å². The Labute approximate surface area is 95.9 Å². The molecule has 1 aliphatic heterocycles. The molecule has 3 N–H and O–H groups in total. The summed E-state index contributed by atoms with van der Waals surface area (Å²) < 4.78 is 0. The second-order valence-electron chi connectivity index (χ2n) is 2.88. The summed E-state index contributed by atoms with van der Waals surface area (Å²) in [5, 5.41) is 8.57. The van der Waals surface area contributed by atoms with Crippen LogP contribution in [0.25, 0.3) is 0 Å². The average Bonchev–Trinajstić information content (AvgIpc) is 2.05. The topological polar surface area (TPSA) is 66.6 Å². The Morgan fingerprint density at radius 1 is 1.42 bits per heavy atom. The number of carboxylic acids is 1. The number of carbonyl (C=O) groups is 1. The minimum atomic E-state index is -0.924. The zero-order valence-corrected chi connectivity index (χ0v) is 9.49. The molecule has 66 valence electrons. The second-order valence-corrected chi connectivity index (χ2v) is 2.88. The molecule has 5 heteroatoms. The van der Waals surface area contributed by atoms with Crippen LogP contribution in [0.2, 0.25) is 0 Å². The minimum absolute atomic E-state index is 0. The van der Waals surface area contributed by atoms with E-state index >= 15 is 0 Å².